The van der Waals surface area contributed by atoms with E-state index in [0.29, 0.717) is 70.9 Å². The molecule has 0 rings (SSSR count). The fourth-order valence-corrected chi connectivity index (χ4v) is 3.66. The standard InChI is InChI=1S/C29H52N6O5/c1-7-8-9-16-26(37)30-17-12-10-14-24(23(6)36)35-29(40)25(34-28(39)20-33-22(4)5)15-11-13-18-31-27(38)19-32-21(2)3/h1,21-22,24-25,32-33H,8-20H2,2-6H3,(H,30,37)(H,31,38)(H,34,39)(H,35,40)/t24?,25-/m0/s1. The molecule has 1 unspecified atom stereocenters. The molecule has 0 aliphatic rings. The molecule has 0 aromatic rings. The van der Waals surface area contributed by atoms with E-state index >= 15 is 0 Å². The van der Waals surface area contributed by atoms with Crippen molar-refractivity contribution in [2.75, 3.05) is 26.2 Å². The molecule has 11 heteroatoms. The Labute approximate surface area is 240 Å². The maximum atomic E-state index is 13.1. The highest BCUT2D eigenvalue weighted by Crippen LogP contribution is 2.06. The first-order valence-corrected chi connectivity index (χ1v) is 14.5. The number of unbranched alkanes of at least 4 members (excludes halogenated alkanes) is 3. The summed E-state index contributed by atoms with van der Waals surface area (Å²) in [5.74, 6) is 1.47. The molecule has 0 saturated heterocycles. The lowest BCUT2D eigenvalue weighted by Crippen LogP contribution is -2.52. The van der Waals surface area contributed by atoms with Gasteiger partial charge in [-0.3, -0.25) is 24.0 Å². The van der Waals surface area contributed by atoms with Gasteiger partial charge in [-0.25, -0.2) is 0 Å². The SMILES string of the molecule is C#CCCCC(=O)NCCCCC(NC(=O)[C@H](CCCCNC(=O)CNC(C)C)NC(=O)CNC(C)C)C(C)=O. The molecule has 0 aromatic heterocycles. The van der Waals surface area contributed by atoms with Crippen molar-refractivity contribution in [1.82, 2.24) is 31.9 Å². The molecule has 0 aromatic carbocycles. The monoisotopic (exact) mass is 564 g/mol. The van der Waals surface area contributed by atoms with Crippen molar-refractivity contribution in [1.29, 1.82) is 0 Å². The number of amides is 4. The van der Waals surface area contributed by atoms with Crippen molar-refractivity contribution in [3.8, 4) is 12.3 Å². The lowest BCUT2D eigenvalue weighted by atomic mass is 10.0. The molecule has 2 atom stereocenters. The Morgan fingerprint density at radius 3 is 1.73 bits per heavy atom. The molecule has 0 bridgehead atoms. The van der Waals surface area contributed by atoms with E-state index < -0.39 is 18.0 Å². The average molecular weight is 565 g/mol. The summed E-state index contributed by atoms with van der Waals surface area (Å²) >= 11 is 0. The molecule has 228 valence electrons. The van der Waals surface area contributed by atoms with Crippen molar-refractivity contribution in [2.24, 2.45) is 0 Å². The smallest absolute Gasteiger partial charge is 0.243 e. The number of rotatable bonds is 23. The molecule has 4 amide bonds. The number of terminal acetylenes is 1. The highest BCUT2D eigenvalue weighted by Gasteiger charge is 2.25. The molecular formula is C29H52N6O5. The van der Waals surface area contributed by atoms with Crippen LogP contribution in [0.2, 0.25) is 0 Å². The van der Waals surface area contributed by atoms with Gasteiger partial charge < -0.3 is 31.9 Å². The fraction of sp³-hybridized carbons (Fsp3) is 0.759. The normalized spacial score (nSPS) is 12.3. The predicted octanol–water partition coefficient (Wildman–Crippen LogP) is 0.918. The summed E-state index contributed by atoms with van der Waals surface area (Å²) in [4.78, 5) is 61.4. The van der Waals surface area contributed by atoms with Gasteiger partial charge in [0.25, 0.3) is 0 Å². The summed E-state index contributed by atoms with van der Waals surface area (Å²) in [6.07, 6.45) is 10.1. The summed E-state index contributed by atoms with van der Waals surface area (Å²) in [5.41, 5.74) is 0. The van der Waals surface area contributed by atoms with Gasteiger partial charge in [-0.05, 0) is 51.9 Å². The van der Waals surface area contributed by atoms with E-state index in [1.807, 2.05) is 27.7 Å². The molecule has 0 fully saturated rings. The highest BCUT2D eigenvalue weighted by molar-refractivity contribution is 5.92. The van der Waals surface area contributed by atoms with Gasteiger partial charge in [-0.1, -0.05) is 27.7 Å². The fourth-order valence-electron chi connectivity index (χ4n) is 3.66. The van der Waals surface area contributed by atoms with Crippen LogP contribution in [0.5, 0.6) is 0 Å². The molecule has 0 aliphatic heterocycles. The summed E-state index contributed by atoms with van der Waals surface area (Å²) in [6, 6.07) is -1.15. The van der Waals surface area contributed by atoms with E-state index in [1.54, 1.807) is 0 Å². The van der Waals surface area contributed by atoms with Gasteiger partial charge in [0.15, 0.2) is 5.78 Å². The zero-order valence-electron chi connectivity index (χ0n) is 25.1. The quantitative estimate of drug-likeness (QED) is 0.0796. The Kier molecular flexibility index (Phi) is 21.1. The largest absolute Gasteiger partial charge is 0.356 e. The molecule has 6 N–H and O–H groups in total. The Hall–Kier alpha value is -2.97. The highest BCUT2D eigenvalue weighted by atomic mass is 16.2. The second kappa shape index (κ2) is 22.8. The molecule has 11 nitrogen and oxygen atoms in total. The second-order valence-corrected chi connectivity index (χ2v) is 10.6. The Morgan fingerprint density at radius 1 is 0.675 bits per heavy atom. The summed E-state index contributed by atoms with van der Waals surface area (Å²) < 4.78 is 0. The molecular weight excluding hydrogens is 512 g/mol. The number of nitrogens with one attached hydrogen (secondary N) is 6. The van der Waals surface area contributed by atoms with Crippen LogP contribution >= 0.6 is 0 Å². The van der Waals surface area contributed by atoms with E-state index in [2.05, 4.69) is 37.8 Å². The minimum atomic E-state index is -0.802. The first-order valence-electron chi connectivity index (χ1n) is 14.5. The van der Waals surface area contributed by atoms with Crippen molar-refractivity contribution in [3.05, 3.63) is 0 Å². The van der Waals surface area contributed by atoms with Crippen LogP contribution in [0.15, 0.2) is 0 Å². The van der Waals surface area contributed by atoms with Gasteiger partial charge >= 0.3 is 0 Å². The Bertz CT molecular complexity index is 824. The van der Waals surface area contributed by atoms with E-state index in [1.165, 1.54) is 6.92 Å². The first-order chi connectivity index (χ1) is 19.0. The van der Waals surface area contributed by atoms with Crippen LogP contribution in [-0.4, -0.2) is 79.8 Å². The number of Topliss-reactive ketones (excluding diaryl/α,β-unsaturated/α-hetero) is 1. The van der Waals surface area contributed by atoms with Crippen LogP contribution in [0.4, 0.5) is 0 Å². The van der Waals surface area contributed by atoms with Crippen molar-refractivity contribution in [2.45, 2.75) is 117 Å². The Balaban J connectivity index is 4.79. The molecule has 0 saturated carbocycles. The van der Waals surface area contributed by atoms with Gasteiger partial charge in [0.05, 0.1) is 19.1 Å². The van der Waals surface area contributed by atoms with E-state index in [0.717, 1.165) is 0 Å². The van der Waals surface area contributed by atoms with Crippen LogP contribution in [0.1, 0.15) is 92.4 Å². The third-order valence-corrected chi connectivity index (χ3v) is 6.01. The number of hydrogen-bond donors (Lipinski definition) is 6. The summed E-state index contributed by atoms with van der Waals surface area (Å²) in [6.45, 7) is 10.5. The zero-order valence-corrected chi connectivity index (χ0v) is 25.1. The van der Waals surface area contributed by atoms with Crippen molar-refractivity contribution >= 4 is 29.4 Å². The summed E-state index contributed by atoms with van der Waals surface area (Å²) in [7, 11) is 0. The van der Waals surface area contributed by atoms with Gasteiger partial charge in [-0.2, -0.15) is 0 Å². The van der Waals surface area contributed by atoms with Crippen LogP contribution < -0.4 is 31.9 Å². The van der Waals surface area contributed by atoms with Gasteiger partial charge in [-0.15, -0.1) is 12.3 Å². The lowest BCUT2D eigenvalue weighted by Gasteiger charge is -2.23. The predicted molar refractivity (Wildman–Crippen MR) is 157 cm³/mol. The van der Waals surface area contributed by atoms with E-state index in [-0.39, 0.29) is 48.7 Å². The zero-order chi connectivity index (χ0) is 30.3. The number of carbonyl (C=O) groups is 5. The van der Waals surface area contributed by atoms with Crippen molar-refractivity contribution in [3.63, 3.8) is 0 Å². The van der Waals surface area contributed by atoms with Crippen LogP contribution in [0.3, 0.4) is 0 Å². The maximum absolute atomic E-state index is 13.1. The molecule has 0 spiro atoms. The van der Waals surface area contributed by atoms with Gasteiger partial charge in [0.1, 0.15) is 6.04 Å². The van der Waals surface area contributed by atoms with Gasteiger partial charge in [0, 0.05) is 38.0 Å². The molecule has 40 heavy (non-hydrogen) atoms. The lowest BCUT2D eigenvalue weighted by molar-refractivity contribution is -0.131. The Morgan fingerprint density at radius 2 is 1.20 bits per heavy atom. The molecule has 0 heterocycles. The van der Waals surface area contributed by atoms with Crippen molar-refractivity contribution < 1.29 is 24.0 Å². The molecule has 0 radical (unpaired) electrons. The minimum Gasteiger partial charge on any atom is -0.356 e. The third-order valence-electron chi connectivity index (χ3n) is 6.01. The minimum absolute atomic E-state index is 0.0519. The van der Waals surface area contributed by atoms with Crippen LogP contribution in [0, 0.1) is 12.3 Å². The molecule has 0 aliphatic carbocycles. The number of carbonyl (C=O) groups excluding carboxylic acids is 5. The third kappa shape index (κ3) is 20.9. The van der Waals surface area contributed by atoms with E-state index in [9.17, 15) is 24.0 Å². The average Bonchev–Trinajstić information content (AvgIpc) is 2.88. The topological polar surface area (TPSA) is 158 Å². The summed E-state index contributed by atoms with van der Waals surface area (Å²) in [5, 5.41) is 17.3. The van der Waals surface area contributed by atoms with Gasteiger partial charge in [0.2, 0.25) is 23.6 Å². The van der Waals surface area contributed by atoms with Crippen LogP contribution in [-0.2, 0) is 24.0 Å². The number of ketones is 1. The second-order valence-electron chi connectivity index (χ2n) is 10.6. The maximum Gasteiger partial charge on any atom is 0.243 e. The number of hydrogen-bond acceptors (Lipinski definition) is 7. The van der Waals surface area contributed by atoms with E-state index in [4.69, 9.17) is 6.42 Å². The van der Waals surface area contributed by atoms with Crippen LogP contribution in [0.25, 0.3) is 0 Å². The first kappa shape index (κ1) is 37.0.